The van der Waals surface area contributed by atoms with Crippen molar-refractivity contribution in [1.82, 2.24) is 9.55 Å². The lowest BCUT2D eigenvalue weighted by molar-refractivity contribution is -0.120. The summed E-state index contributed by atoms with van der Waals surface area (Å²) in [5, 5.41) is 9.55. The number of anilines is 1. The van der Waals surface area contributed by atoms with Gasteiger partial charge < -0.3 is 14.4 Å². The van der Waals surface area contributed by atoms with E-state index in [2.05, 4.69) is 32.9 Å². The number of amides is 1. The Morgan fingerprint density at radius 3 is 2.55 bits per heavy atom. The van der Waals surface area contributed by atoms with Crippen molar-refractivity contribution in [3.05, 3.63) is 58.4 Å². The number of nitrogens with zero attached hydrogens (tertiary/aromatic N) is 3. The van der Waals surface area contributed by atoms with Crippen molar-refractivity contribution < 1.29 is 14.6 Å². The average Bonchev–Trinajstić information content (AvgIpc) is 3.05. The molecule has 0 unspecified atom stereocenters. The SMILES string of the molecule is CCOCN(C(=O)Cn1c(CCO)nc2cc(C)c(C)cc21)c1c(C)cccc1CC. The maximum Gasteiger partial charge on any atom is 0.248 e. The number of para-hydroxylation sites is 1. The number of rotatable bonds is 9. The van der Waals surface area contributed by atoms with Crippen molar-refractivity contribution in [2.45, 2.75) is 54.0 Å². The maximum atomic E-state index is 13.6. The molecule has 1 N–H and O–H groups in total. The standard InChI is InChI=1S/C25H33N3O3/c1-6-20-10-8-9-17(3)25(20)28(16-31-7-2)24(30)15-27-22-14-19(5)18(4)13-21(22)26-23(27)11-12-29/h8-10,13-14,29H,6-7,11-12,15-16H2,1-5H3. The van der Waals surface area contributed by atoms with E-state index in [1.54, 1.807) is 4.90 Å². The molecular formula is C25H33N3O3. The Hall–Kier alpha value is -2.70. The van der Waals surface area contributed by atoms with Crippen LogP contribution in [-0.4, -0.2) is 40.5 Å². The molecule has 0 spiro atoms. The highest BCUT2D eigenvalue weighted by molar-refractivity contribution is 5.95. The van der Waals surface area contributed by atoms with Crippen LogP contribution in [0, 0.1) is 20.8 Å². The molecule has 166 valence electrons. The molecule has 0 fully saturated rings. The molecule has 0 atom stereocenters. The highest BCUT2D eigenvalue weighted by Crippen LogP contribution is 2.27. The topological polar surface area (TPSA) is 67.6 Å². The molecule has 1 aromatic heterocycles. The number of aromatic nitrogens is 2. The summed E-state index contributed by atoms with van der Waals surface area (Å²) in [5.74, 6) is 0.655. The molecule has 0 saturated heterocycles. The first-order chi connectivity index (χ1) is 14.9. The zero-order valence-electron chi connectivity index (χ0n) is 19.2. The Balaban J connectivity index is 2.05. The minimum absolute atomic E-state index is 0.0179. The predicted octanol–water partition coefficient (Wildman–Crippen LogP) is 4.09. The van der Waals surface area contributed by atoms with E-state index in [4.69, 9.17) is 9.72 Å². The van der Waals surface area contributed by atoms with Gasteiger partial charge in [-0.25, -0.2) is 4.98 Å². The highest BCUT2D eigenvalue weighted by Gasteiger charge is 2.23. The van der Waals surface area contributed by atoms with Gasteiger partial charge in [0.15, 0.2) is 0 Å². The van der Waals surface area contributed by atoms with E-state index in [0.717, 1.165) is 45.4 Å². The second-order valence-electron chi connectivity index (χ2n) is 7.89. The summed E-state index contributed by atoms with van der Waals surface area (Å²) >= 11 is 0. The number of aryl methyl sites for hydroxylation is 4. The molecule has 6 heteroatoms. The van der Waals surface area contributed by atoms with Gasteiger partial charge in [0, 0.05) is 13.0 Å². The molecule has 3 aromatic rings. The summed E-state index contributed by atoms with van der Waals surface area (Å²) in [7, 11) is 0. The fourth-order valence-corrected chi connectivity index (χ4v) is 3.95. The molecule has 31 heavy (non-hydrogen) atoms. The molecule has 0 radical (unpaired) electrons. The van der Waals surface area contributed by atoms with Crippen LogP contribution in [-0.2, 0) is 28.9 Å². The number of hydrogen-bond acceptors (Lipinski definition) is 4. The van der Waals surface area contributed by atoms with Gasteiger partial charge in [0.05, 0.1) is 23.3 Å². The first-order valence-corrected chi connectivity index (χ1v) is 10.9. The van der Waals surface area contributed by atoms with Gasteiger partial charge in [-0.05, 0) is 68.5 Å². The van der Waals surface area contributed by atoms with Crippen LogP contribution in [0.5, 0.6) is 0 Å². The van der Waals surface area contributed by atoms with E-state index >= 15 is 0 Å². The molecule has 3 rings (SSSR count). The Morgan fingerprint density at radius 2 is 1.87 bits per heavy atom. The number of benzene rings is 2. The van der Waals surface area contributed by atoms with Crippen LogP contribution in [0.1, 0.15) is 41.9 Å². The lowest BCUT2D eigenvalue weighted by Gasteiger charge is -2.27. The first-order valence-electron chi connectivity index (χ1n) is 10.9. The van der Waals surface area contributed by atoms with Gasteiger partial charge in [0.2, 0.25) is 5.91 Å². The third-order valence-corrected chi connectivity index (χ3v) is 5.77. The van der Waals surface area contributed by atoms with Gasteiger partial charge in [-0.2, -0.15) is 0 Å². The second kappa shape index (κ2) is 10.1. The van der Waals surface area contributed by atoms with Crippen molar-refractivity contribution >= 4 is 22.6 Å². The van der Waals surface area contributed by atoms with Crippen LogP contribution < -0.4 is 4.90 Å². The average molecular weight is 424 g/mol. The number of fused-ring (bicyclic) bond motifs is 1. The molecule has 6 nitrogen and oxygen atoms in total. The zero-order chi connectivity index (χ0) is 22.5. The molecule has 1 amide bonds. The summed E-state index contributed by atoms with van der Waals surface area (Å²) in [5.41, 5.74) is 7.15. The van der Waals surface area contributed by atoms with Crippen LogP contribution in [0.2, 0.25) is 0 Å². The third kappa shape index (κ3) is 4.81. The molecule has 2 aromatic carbocycles. The van der Waals surface area contributed by atoms with E-state index in [9.17, 15) is 9.90 Å². The fourth-order valence-electron chi connectivity index (χ4n) is 3.95. The summed E-state index contributed by atoms with van der Waals surface area (Å²) in [6.45, 7) is 11.0. The van der Waals surface area contributed by atoms with Gasteiger partial charge in [0.25, 0.3) is 0 Å². The number of ether oxygens (including phenoxy) is 1. The quantitative estimate of drug-likeness (QED) is 0.527. The summed E-state index contributed by atoms with van der Waals surface area (Å²) in [6, 6.07) is 10.2. The molecule has 1 heterocycles. The summed E-state index contributed by atoms with van der Waals surface area (Å²) in [4.78, 5) is 20.1. The number of carbonyl (C=O) groups excluding carboxylic acids is 1. The van der Waals surface area contributed by atoms with Gasteiger partial charge in [0.1, 0.15) is 19.1 Å². The van der Waals surface area contributed by atoms with Crippen LogP contribution in [0.4, 0.5) is 5.69 Å². The minimum atomic E-state index is -0.0610. The first kappa shape index (κ1) is 23.0. The number of aliphatic hydroxyl groups is 1. The minimum Gasteiger partial charge on any atom is -0.396 e. The lowest BCUT2D eigenvalue weighted by atomic mass is 10.0. The van der Waals surface area contributed by atoms with Crippen molar-refractivity contribution in [2.75, 3.05) is 24.8 Å². The molecular weight excluding hydrogens is 390 g/mol. The predicted molar refractivity (Wildman–Crippen MR) is 125 cm³/mol. The number of carbonyl (C=O) groups is 1. The van der Waals surface area contributed by atoms with Gasteiger partial charge in [-0.3, -0.25) is 9.69 Å². The van der Waals surface area contributed by atoms with E-state index < -0.39 is 0 Å². The largest absolute Gasteiger partial charge is 0.396 e. The number of hydrogen-bond donors (Lipinski definition) is 1. The van der Waals surface area contributed by atoms with Crippen molar-refractivity contribution in [1.29, 1.82) is 0 Å². The van der Waals surface area contributed by atoms with Crippen LogP contribution in [0.25, 0.3) is 11.0 Å². The van der Waals surface area contributed by atoms with Crippen LogP contribution in [0.3, 0.4) is 0 Å². The lowest BCUT2D eigenvalue weighted by Crippen LogP contribution is -2.37. The highest BCUT2D eigenvalue weighted by atomic mass is 16.5. The summed E-state index contributed by atoms with van der Waals surface area (Å²) < 4.78 is 7.62. The zero-order valence-corrected chi connectivity index (χ0v) is 19.2. The number of aliphatic hydroxyl groups excluding tert-OH is 1. The van der Waals surface area contributed by atoms with Gasteiger partial charge in [-0.1, -0.05) is 25.1 Å². The maximum absolute atomic E-state index is 13.6. The van der Waals surface area contributed by atoms with Crippen molar-refractivity contribution in [3.63, 3.8) is 0 Å². The molecule has 0 saturated carbocycles. The monoisotopic (exact) mass is 423 g/mol. The van der Waals surface area contributed by atoms with E-state index in [1.807, 2.05) is 36.6 Å². The van der Waals surface area contributed by atoms with Gasteiger partial charge in [-0.15, -0.1) is 0 Å². The summed E-state index contributed by atoms with van der Waals surface area (Å²) in [6.07, 6.45) is 1.23. The third-order valence-electron chi connectivity index (χ3n) is 5.77. The Kier molecular flexibility index (Phi) is 7.46. The fraction of sp³-hybridized carbons (Fsp3) is 0.440. The second-order valence-corrected chi connectivity index (χ2v) is 7.89. The molecule has 0 bridgehead atoms. The van der Waals surface area contributed by atoms with E-state index in [1.165, 1.54) is 0 Å². The van der Waals surface area contributed by atoms with Gasteiger partial charge >= 0.3 is 0 Å². The molecule has 0 aliphatic rings. The number of imidazole rings is 1. The smallest absolute Gasteiger partial charge is 0.248 e. The van der Waals surface area contributed by atoms with E-state index in [-0.39, 0.29) is 25.8 Å². The van der Waals surface area contributed by atoms with Crippen LogP contribution >= 0.6 is 0 Å². The van der Waals surface area contributed by atoms with Crippen LogP contribution in [0.15, 0.2) is 30.3 Å². The molecule has 0 aliphatic heterocycles. The van der Waals surface area contributed by atoms with E-state index in [0.29, 0.717) is 18.9 Å². The Morgan fingerprint density at radius 1 is 1.13 bits per heavy atom. The Bertz CT molecular complexity index is 1070. The van der Waals surface area contributed by atoms with Crippen molar-refractivity contribution in [2.24, 2.45) is 0 Å². The Labute approximate surface area is 184 Å². The molecule has 0 aliphatic carbocycles. The normalized spacial score (nSPS) is 11.3. The van der Waals surface area contributed by atoms with Crippen molar-refractivity contribution in [3.8, 4) is 0 Å².